The SMILES string of the molecule is CC(C)(C)c1c[c-]c[c-]c1. The third-order valence-electron chi connectivity index (χ3n) is 1.51. The van der Waals surface area contributed by atoms with Crippen LogP contribution in [0.5, 0.6) is 0 Å². The summed E-state index contributed by atoms with van der Waals surface area (Å²) in [6, 6.07) is 11.8. The van der Waals surface area contributed by atoms with Gasteiger partial charge in [-0.3, -0.25) is 17.7 Å². The van der Waals surface area contributed by atoms with Gasteiger partial charge in [-0.25, -0.2) is 0 Å². The summed E-state index contributed by atoms with van der Waals surface area (Å²) in [6.45, 7) is 6.55. The van der Waals surface area contributed by atoms with Gasteiger partial charge in [0.25, 0.3) is 0 Å². The summed E-state index contributed by atoms with van der Waals surface area (Å²) < 4.78 is 0. The van der Waals surface area contributed by atoms with Crippen LogP contribution in [-0.4, -0.2) is 0 Å². The van der Waals surface area contributed by atoms with Crippen molar-refractivity contribution >= 4 is 0 Å². The zero-order chi connectivity index (χ0) is 7.61. The van der Waals surface area contributed by atoms with Crippen molar-refractivity contribution in [3.05, 3.63) is 35.9 Å². The fourth-order valence-corrected chi connectivity index (χ4v) is 0.786. The third kappa shape index (κ3) is 1.60. The molecule has 0 heterocycles. The summed E-state index contributed by atoms with van der Waals surface area (Å²) in [5, 5.41) is 0. The van der Waals surface area contributed by atoms with Crippen LogP contribution < -0.4 is 0 Å². The van der Waals surface area contributed by atoms with Gasteiger partial charge >= 0.3 is 0 Å². The molecule has 54 valence electrons. The molecule has 0 aliphatic rings. The van der Waals surface area contributed by atoms with Crippen LogP contribution in [-0.2, 0) is 5.41 Å². The molecule has 0 spiro atoms. The van der Waals surface area contributed by atoms with Crippen LogP contribution in [0.25, 0.3) is 0 Å². The Morgan fingerprint density at radius 2 is 1.60 bits per heavy atom. The van der Waals surface area contributed by atoms with E-state index >= 15 is 0 Å². The van der Waals surface area contributed by atoms with E-state index < -0.39 is 0 Å². The van der Waals surface area contributed by atoms with Gasteiger partial charge in [-0.1, -0.05) is 20.8 Å². The number of hydrogen-bond acceptors (Lipinski definition) is 0. The molecular formula is C10H12-2. The molecule has 0 heteroatoms. The molecule has 0 unspecified atom stereocenters. The second-order valence-electron chi connectivity index (χ2n) is 3.47. The lowest BCUT2D eigenvalue weighted by Gasteiger charge is -2.31. The zero-order valence-electron chi connectivity index (χ0n) is 6.73. The maximum atomic E-state index is 3.01. The molecule has 1 rings (SSSR count). The summed E-state index contributed by atoms with van der Waals surface area (Å²) >= 11 is 0. The fourth-order valence-electron chi connectivity index (χ4n) is 0.786. The first-order chi connectivity index (χ1) is 4.61. The molecule has 0 aliphatic heterocycles. The van der Waals surface area contributed by atoms with E-state index in [4.69, 9.17) is 0 Å². The summed E-state index contributed by atoms with van der Waals surface area (Å²) in [5.74, 6) is 0. The van der Waals surface area contributed by atoms with Gasteiger partial charge in [-0.15, -0.1) is 5.41 Å². The standard InChI is InChI=1S/C10H12/c1-10(2,3)9-7-5-4-6-8-9/h4,7-8H,1-3H3/q-2. The van der Waals surface area contributed by atoms with Crippen molar-refractivity contribution in [2.24, 2.45) is 0 Å². The third-order valence-corrected chi connectivity index (χ3v) is 1.51. The van der Waals surface area contributed by atoms with Gasteiger partial charge in [0, 0.05) is 0 Å². The normalized spacial score (nSPS) is 11.5. The molecule has 0 fully saturated rings. The lowest BCUT2D eigenvalue weighted by molar-refractivity contribution is 0.590. The van der Waals surface area contributed by atoms with Crippen molar-refractivity contribution in [2.45, 2.75) is 26.2 Å². The number of rotatable bonds is 0. The highest BCUT2D eigenvalue weighted by Gasteiger charge is 1.99. The summed E-state index contributed by atoms with van der Waals surface area (Å²) in [7, 11) is 0. The van der Waals surface area contributed by atoms with E-state index in [1.807, 2.05) is 12.1 Å². The fraction of sp³-hybridized carbons (Fsp3) is 0.400. The maximum Gasteiger partial charge on any atom is -0.0764 e. The minimum Gasteiger partial charge on any atom is -0.359 e. The van der Waals surface area contributed by atoms with Gasteiger partial charge in [0.2, 0.25) is 0 Å². The molecule has 0 saturated heterocycles. The summed E-state index contributed by atoms with van der Waals surface area (Å²) in [5.41, 5.74) is 1.52. The highest BCUT2D eigenvalue weighted by atomic mass is 14.2. The Hall–Kier alpha value is -0.780. The minimum absolute atomic E-state index is 0.230. The van der Waals surface area contributed by atoms with Crippen molar-refractivity contribution in [1.29, 1.82) is 0 Å². The Balaban J connectivity index is 2.97. The van der Waals surface area contributed by atoms with Crippen LogP contribution in [0.4, 0.5) is 0 Å². The van der Waals surface area contributed by atoms with Crippen molar-refractivity contribution in [1.82, 2.24) is 0 Å². The van der Waals surface area contributed by atoms with E-state index in [1.54, 1.807) is 6.07 Å². The molecule has 0 saturated carbocycles. The Labute approximate surface area is 62.9 Å². The molecule has 1 aromatic carbocycles. The molecule has 0 radical (unpaired) electrons. The molecule has 0 atom stereocenters. The van der Waals surface area contributed by atoms with E-state index in [0.717, 1.165) is 0 Å². The Kier molecular flexibility index (Phi) is 1.80. The van der Waals surface area contributed by atoms with E-state index in [0.29, 0.717) is 0 Å². The van der Waals surface area contributed by atoms with Gasteiger partial charge in [0.1, 0.15) is 0 Å². The van der Waals surface area contributed by atoms with E-state index in [9.17, 15) is 0 Å². The second kappa shape index (κ2) is 2.45. The smallest absolute Gasteiger partial charge is 0.0764 e. The monoisotopic (exact) mass is 132 g/mol. The van der Waals surface area contributed by atoms with E-state index in [-0.39, 0.29) is 5.41 Å². The van der Waals surface area contributed by atoms with Crippen molar-refractivity contribution in [3.63, 3.8) is 0 Å². The molecule has 1 aromatic rings. The average Bonchev–Trinajstić information content (AvgIpc) is 1.88. The number of hydrogen-bond donors (Lipinski definition) is 0. The molecule has 0 aromatic heterocycles. The Morgan fingerprint density at radius 1 is 1.10 bits per heavy atom. The number of benzene rings is 1. The lowest BCUT2D eigenvalue weighted by atomic mass is 9.87. The Morgan fingerprint density at radius 3 is 1.90 bits per heavy atom. The van der Waals surface area contributed by atoms with Crippen LogP contribution >= 0.6 is 0 Å². The first-order valence-corrected chi connectivity index (χ1v) is 3.48. The first kappa shape index (κ1) is 7.33. The zero-order valence-corrected chi connectivity index (χ0v) is 6.73. The minimum atomic E-state index is 0.230. The highest BCUT2D eigenvalue weighted by Crippen LogP contribution is 2.20. The van der Waals surface area contributed by atoms with Gasteiger partial charge < -0.3 is 18.2 Å². The maximum absolute atomic E-state index is 3.01. The molecule has 10 heavy (non-hydrogen) atoms. The van der Waals surface area contributed by atoms with Crippen molar-refractivity contribution in [2.75, 3.05) is 0 Å². The first-order valence-electron chi connectivity index (χ1n) is 3.48. The van der Waals surface area contributed by atoms with Crippen LogP contribution in [0.15, 0.2) is 18.2 Å². The summed E-state index contributed by atoms with van der Waals surface area (Å²) in [6.07, 6.45) is 0. The predicted octanol–water partition coefficient (Wildman–Crippen LogP) is 2.58. The lowest BCUT2D eigenvalue weighted by Crippen LogP contribution is -2.10. The van der Waals surface area contributed by atoms with Gasteiger partial charge in [-0.2, -0.15) is 0 Å². The van der Waals surface area contributed by atoms with Crippen LogP contribution in [0, 0.1) is 12.1 Å². The van der Waals surface area contributed by atoms with Crippen molar-refractivity contribution < 1.29 is 0 Å². The van der Waals surface area contributed by atoms with Gasteiger partial charge in [-0.05, 0) is 0 Å². The summed E-state index contributed by atoms with van der Waals surface area (Å²) in [4.78, 5) is 0. The van der Waals surface area contributed by atoms with E-state index in [1.165, 1.54) is 5.56 Å². The largest absolute Gasteiger partial charge is 0.359 e. The Bertz CT molecular complexity index is 191. The molecule has 0 bridgehead atoms. The molecule has 0 N–H and O–H groups in total. The van der Waals surface area contributed by atoms with Crippen LogP contribution in [0.2, 0.25) is 0 Å². The van der Waals surface area contributed by atoms with Crippen LogP contribution in [0.3, 0.4) is 0 Å². The average molecular weight is 132 g/mol. The molecule has 0 nitrogen and oxygen atoms in total. The van der Waals surface area contributed by atoms with Crippen LogP contribution in [0.1, 0.15) is 26.3 Å². The molecule has 0 aliphatic carbocycles. The predicted molar refractivity (Wildman–Crippen MR) is 42.8 cm³/mol. The van der Waals surface area contributed by atoms with E-state index in [2.05, 4.69) is 32.9 Å². The van der Waals surface area contributed by atoms with Gasteiger partial charge in [0.15, 0.2) is 0 Å². The quantitative estimate of drug-likeness (QED) is 0.476. The topological polar surface area (TPSA) is 0 Å². The molecular weight excluding hydrogens is 120 g/mol. The molecule has 0 amide bonds. The highest BCUT2D eigenvalue weighted by molar-refractivity contribution is 5.20. The van der Waals surface area contributed by atoms with Crippen molar-refractivity contribution in [3.8, 4) is 0 Å². The second-order valence-corrected chi connectivity index (χ2v) is 3.47. The van der Waals surface area contributed by atoms with Gasteiger partial charge in [0.05, 0.1) is 0 Å².